The molecule has 0 saturated heterocycles. The number of alkyl halides is 3. The quantitative estimate of drug-likeness (QED) is 0.186. The maximum absolute atomic E-state index is 13.9. The summed E-state index contributed by atoms with van der Waals surface area (Å²) in [6, 6.07) is 24.1. The summed E-state index contributed by atoms with van der Waals surface area (Å²) in [6.45, 7) is 0.0149. The van der Waals surface area contributed by atoms with E-state index < -0.39 is 17.3 Å². The van der Waals surface area contributed by atoms with Gasteiger partial charge in [0, 0.05) is 11.1 Å². The van der Waals surface area contributed by atoms with Crippen LogP contribution in [-0.2, 0) is 12.8 Å². The number of fused-ring (bicyclic) bond motifs is 1. The van der Waals surface area contributed by atoms with Crippen LogP contribution in [0, 0.1) is 5.82 Å². The highest BCUT2D eigenvalue weighted by molar-refractivity contribution is 5.82. The third kappa shape index (κ3) is 5.31. The monoisotopic (exact) mass is 517 g/mol. The second-order valence-corrected chi connectivity index (χ2v) is 8.35. The van der Waals surface area contributed by atoms with E-state index in [0.29, 0.717) is 22.4 Å². The normalized spacial score (nSPS) is 11.8. The average molecular weight is 517 g/mol. The minimum absolute atomic E-state index is 0.0149. The van der Waals surface area contributed by atoms with Crippen molar-refractivity contribution in [2.45, 2.75) is 12.8 Å². The van der Waals surface area contributed by atoms with Crippen molar-refractivity contribution < 1.29 is 22.3 Å². The fourth-order valence-corrected chi connectivity index (χ4v) is 3.84. The number of halogens is 4. The van der Waals surface area contributed by atoms with Crippen molar-refractivity contribution in [2.75, 3.05) is 0 Å². The van der Waals surface area contributed by atoms with E-state index in [1.165, 1.54) is 24.4 Å². The molecule has 5 rings (SSSR count). The van der Waals surface area contributed by atoms with Gasteiger partial charge in [-0.25, -0.2) is 9.37 Å². The predicted octanol–water partition coefficient (Wildman–Crippen LogP) is 6.68. The number of benzene rings is 4. The van der Waals surface area contributed by atoms with E-state index in [1.807, 2.05) is 0 Å². The van der Waals surface area contributed by atoms with Gasteiger partial charge in [0.25, 0.3) is 5.56 Å². The Bertz CT molecular complexity index is 1710. The van der Waals surface area contributed by atoms with Gasteiger partial charge in [-0.15, -0.1) is 0 Å². The number of rotatable bonds is 6. The zero-order chi connectivity index (χ0) is 26.7. The van der Waals surface area contributed by atoms with Crippen LogP contribution in [0.5, 0.6) is 5.75 Å². The van der Waals surface area contributed by atoms with E-state index in [9.17, 15) is 22.4 Å². The van der Waals surface area contributed by atoms with Gasteiger partial charge in [0.05, 0.1) is 22.7 Å². The van der Waals surface area contributed by atoms with E-state index in [0.717, 1.165) is 16.8 Å². The molecule has 1 heterocycles. The van der Waals surface area contributed by atoms with Gasteiger partial charge in [0.1, 0.15) is 18.2 Å². The first-order chi connectivity index (χ1) is 18.3. The number of hydrogen-bond donors (Lipinski definition) is 0. The minimum Gasteiger partial charge on any atom is -0.489 e. The summed E-state index contributed by atoms with van der Waals surface area (Å²) in [4.78, 5) is 17.8. The Morgan fingerprint density at radius 1 is 0.895 bits per heavy atom. The molecule has 38 heavy (non-hydrogen) atoms. The molecule has 0 atom stereocenters. The highest BCUT2D eigenvalue weighted by Crippen LogP contribution is 2.32. The molecule has 190 valence electrons. The molecule has 1 aromatic heterocycles. The van der Waals surface area contributed by atoms with Crippen molar-refractivity contribution in [1.29, 1.82) is 0 Å². The molecule has 0 fully saturated rings. The first-order valence-electron chi connectivity index (χ1n) is 11.5. The third-order valence-corrected chi connectivity index (χ3v) is 5.73. The lowest BCUT2D eigenvalue weighted by atomic mass is 10.1. The molecular weight excluding hydrogens is 498 g/mol. The van der Waals surface area contributed by atoms with Crippen LogP contribution in [0.15, 0.2) is 107 Å². The molecule has 4 aromatic carbocycles. The Kier molecular flexibility index (Phi) is 6.74. The molecule has 0 N–H and O–H groups in total. The molecule has 0 spiro atoms. The standard InChI is InChI=1S/C29H19F4N3O2/c30-25-13-3-1-8-21(25)18-38-23-11-5-7-19(15-23)17-34-36-27(20-9-6-10-22(16-20)29(31,32)33)35-26-14-4-2-12-24(26)28(36)37/h1-17H,18H2. The third-order valence-electron chi connectivity index (χ3n) is 5.73. The SMILES string of the molecule is O=c1c2ccccc2nc(-c2cccc(C(F)(F)F)c2)n1N=Cc1cccc(OCc2ccccc2F)c1. The van der Waals surface area contributed by atoms with Crippen LogP contribution >= 0.6 is 0 Å². The van der Waals surface area contributed by atoms with Crippen molar-refractivity contribution in [3.8, 4) is 17.1 Å². The molecule has 0 aliphatic carbocycles. The molecule has 0 amide bonds. The average Bonchev–Trinajstić information content (AvgIpc) is 2.92. The Morgan fingerprint density at radius 3 is 2.47 bits per heavy atom. The van der Waals surface area contributed by atoms with Gasteiger partial charge in [0.15, 0.2) is 5.82 Å². The predicted molar refractivity (Wildman–Crippen MR) is 137 cm³/mol. The fraction of sp³-hybridized carbons (Fsp3) is 0.0690. The summed E-state index contributed by atoms with van der Waals surface area (Å²) < 4.78 is 60.7. The number of aromatic nitrogens is 2. The highest BCUT2D eigenvalue weighted by atomic mass is 19.4. The zero-order valence-electron chi connectivity index (χ0n) is 19.7. The van der Waals surface area contributed by atoms with Gasteiger partial charge in [-0.05, 0) is 48.0 Å². The Balaban J connectivity index is 1.52. The van der Waals surface area contributed by atoms with Gasteiger partial charge in [0.2, 0.25) is 0 Å². The maximum Gasteiger partial charge on any atom is 0.416 e. The Labute approximate surface area is 214 Å². The highest BCUT2D eigenvalue weighted by Gasteiger charge is 2.31. The van der Waals surface area contributed by atoms with Crippen molar-refractivity contribution in [3.05, 3.63) is 130 Å². The first-order valence-corrected chi connectivity index (χ1v) is 11.5. The first kappa shape index (κ1) is 24.9. The Morgan fingerprint density at radius 2 is 1.66 bits per heavy atom. The van der Waals surface area contributed by atoms with E-state index in [1.54, 1.807) is 66.7 Å². The fourth-order valence-electron chi connectivity index (χ4n) is 3.84. The lowest BCUT2D eigenvalue weighted by Crippen LogP contribution is -2.20. The molecule has 0 radical (unpaired) electrons. The van der Waals surface area contributed by atoms with E-state index in [-0.39, 0.29) is 29.2 Å². The van der Waals surface area contributed by atoms with Gasteiger partial charge in [-0.3, -0.25) is 4.79 Å². The van der Waals surface area contributed by atoms with Crippen molar-refractivity contribution >= 4 is 17.1 Å². The number of nitrogens with zero attached hydrogens (tertiary/aromatic N) is 3. The topological polar surface area (TPSA) is 56.5 Å². The lowest BCUT2D eigenvalue weighted by Gasteiger charge is -2.12. The largest absolute Gasteiger partial charge is 0.489 e. The summed E-state index contributed by atoms with van der Waals surface area (Å²) in [5.74, 6) is 0.0258. The Hall–Kier alpha value is -4.79. The van der Waals surface area contributed by atoms with Gasteiger partial charge >= 0.3 is 6.18 Å². The summed E-state index contributed by atoms with van der Waals surface area (Å²) in [5.41, 5.74) is -0.0438. The van der Waals surface area contributed by atoms with Crippen LogP contribution in [0.3, 0.4) is 0 Å². The smallest absolute Gasteiger partial charge is 0.416 e. The summed E-state index contributed by atoms with van der Waals surface area (Å²) in [7, 11) is 0. The van der Waals surface area contributed by atoms with Crippen LogP contribution in [0.2, 0.25) is 0 Å². The summed E-state index contributed by atoms with van der Waals surface area (Å²) in [6.07, 6.45) is -3.19. The van der Waals surface area contributed by atoms with Crippen LogP contribution in [0.1, 0.15) is 16.7 Å². The van der Waals surface area contributed by atoms with Gasteiger partial charge in [-0.2, -0.15) is 22.9 Å². The maximum atomic E-state index is 13.9. The second-order valence-electron chi connectivity index (χ2n) is 8.35. The van der Waals surface area contributed by atoms with Crippen molar-refractivity contribution in [2.24, 2.45) is 5.10 Å². The summed E-state index contributed by atoms with van der Waals surface area (Å²) in [5, 5.41) is 4.55. The summed E-state index contributed by atoms with van der Waals surface area (Å²) >= 11 is 0. The van der Waals surface area contributed by atoms with Crippen LogP contribution in [-0.4, -0.2) is 15.9 Å². The van der Waals surface area contributed by atoms with E-state index >= 15 is 0 Å². The molecule has 0 saturated carbocycles. The molecule has 0 aliphatic heterocycles. The number of para-hydroxylation sites is 1. The number of hydrogen-bond acceptors (Lipinski definition) is 4. The van der Waals surface area contributed by atoms with Gasteiger partial charge < -0.3 is 4.74 Å². The molecule has 5 nitrogen and oxygen atoms in total. The van der Waals surface area contributed by atoms with Crippen molar-refractivity contribution in [1.82, 2.24) is 9.66 Å². The molecule has 0 aliphatic rings. The van der Waals surface area contributed by atoms with Gasteiger partial charge in [-0.1, -0.05) is 54.6 Å². The number of ether oxygens (including phenoxy) is 1. The van der Waals surface area contributed by atoms with Crippen molar-refractivity contribution in [3.63, 3.8) is 0 Å². The second kappa shape index (κ2) is 10.3. The lowest BCUT2D eigenvalue weighted by molar-refractivity contribution is -0.137. The van der Waals surface area contributed by atoms with Crippen LogP contribution in [0.25, 0.3) is 22.3 Å². The minimum atomic E-state index is -4.57. The molecule has 9 heteroatoms. The van der Waals surface area contributed by atoms with E-state index in [2.05, 4.69) is 10.1 Å². The van der Waals surface area contributed by atoms with E-state index in [4.69, 9.17) is 4.74 Å². The molecular formula is C29H19F4N3O2. The zero-order valence-corrected chi connectivity index (χ0v) is 19.7. The van der Waals surface area contributed by atoms with Crippen LogP contribution < -0.4 is 10.3 Å². The molecule has 5 aromatic rings. The van der Waals surface area contributed by atoms with Crippen LogP contribution in [0.4, 0.5) is 17.6 Å². The molecule has 0 unspecified atom stereocenters. The molecule has 0 bridgehead atoms.